The molecule has 0 aromatic carbocycles. The second-order valence-corrected chi connectivity index (χ2v) is 5.89. The molecule has 54 valence electrons. The highest BCUT2D eigenvalue weighted by molar-refractivity contribution is 6.61. The maximum absolute atomic E-state index is 10.4. The molecule has 0 saturated carbocycles. The van der Waals surface area contributed by atoms with Gasteiger partial charge < -0.3 is 5.11 Å². The van der Waals surface area contributed by atoms with Crippen LogP contribution in [0.2, 0.25) is 18.6 Å². The van der Waals surface area contributed by atoms with Gasteiger partial charge in [0, 0.05) is 14.3 Å². The summed E-state index contributed by atoms with van der Waals surface area (Å²) in [5, 5.41) is 8.58. The molecular weight excluding hydrogens is 132 g/mol. The van der Waals surface area contributed by atoms with Gasteiger partial charge in [-0.1, -0.05) is 20.0 Å². The fraction of sp³-hybridized carbons (Fsp3) is 0.833. The number of aliphatic carboxylic acids is 1. The highest BCUT2D eigenvalue weighted by Crippen LogP contribution is 2.14. The van der Waals surface area contributed by atoms with Crippen molar-refractivity contribution in [3.05, 3.63) is 0 Å². The van der Waals surface area contributed by atoms with E-state index in [0.717, 1.165) is 6.42 Å². The van der Waals surface area contributed by atoms with Crippen LogP contribution in [-0.2, 0) is 4.79 Å². The first-order chi connectivity index (χ1) is 4.09. The van der Waals surface area contributed by atoms with E-state index in [4.69, 9.17) is 5.11 Å². The molecule has 0 aromatic rings. The first kappa shape index (κ1) is 8.69. The van der Waals surface area contributed by atoms with Crippen molar-refractivity contribution in [1.29, 1.82) is 0 Å². The third-order valence-corrected chi connectivity index (χ3v) is 3.93. The lowest BCUT2D eigenvalue weighted by Crippen LogP contribution is -2.19. The van der Waals surface area contributed by atoms with Crippen LogP contribution in [0.4, 0.5) is 0 Å². The molecule has 0 aliphatic carbocycles. The molecule has 0 aliphatic heterocycles. The fourth-order valence-electron chi connectivity index (χ4n) is 0.931. The van der Waals surface area contributed by atoms with Gasteiger partial charge >= 0.3 is 5.97 Å². The number of rotatable bonds is 3. The van der Waals surface area contributed by atoms with Gasteiger partial charge in [-0.05, 0) is 6.42 Å². The summed E-state index contributed by atoms with van der Waals surface area (Å²) in [6.07, 6.45) is 0.791. The standard InChI is InChI=1S/C6H14O2Si/c1-4-5(6(7)8)9(2)3/h5,9H,4H2,1-3H3,(H,7,8). The van der Waals surface area contributed by atoms with Crippen molar-refractivity contribution in [2.45, 2.75) is 32.0 Å². The summed E-state index contributed by atoms with van der Waals surface area (Å²) in [4.78, 5) is 10.4. The van der Waals surface area contributed by atoms with E-state index >= 15 is 0 Å². The Hall–Kier alpha value is -0.313. The maximum Gasteiger partial charge on any atom is 0.303 e. The molecule has 0 aliphatic rings. The van der Waals surface area contributed by atoms with Gasteiger partial charge in [0.1, 0.15) is 0 Å². The number of carboxylic acid groups (broad SMARTS) is 1. The molecule has 1 N–H and O–H groups in total. The van der Waals surface area contributed by atoms with E-state index in [-0.39, 0.29) is 5.54 Å². The Morgan fingerprint density at radius 3 is 2.11 bits per heavy atom. The molecule has 9 heavy (non-hydrogen) atoms. The van der Waals surface area contributed by atoms with Crippen LogP contribution >= 0.6 is 0 Å². The molecule has 2 nitrogen and oxygen atoms in total. The van der Waals surface area contributed by atoms with Crippen LogP contribution in [0, 0.1) is 0 Å². The Morgan fingerprint density at radius 1 is 1.67 bits per heavy atom. The van der Waals surface area contributed by atoms with Crippen molar-refractivity contribution >= 4 is 14.8 Å². The summed E-state index contributed by atoms with van der Waals surface area (Å²) >= 11 is 0. The second kappa shape index (κ2) is 3.66. The van der Waals surface area contributed by atoms with Crippen molar-refractivity contribution in [3.63, 3.8) is 0 Å². The minimum atomic E-state index is -0.943. The normalized spacial score (nSPS) is 13.8. The maximum atomic E-state index is 10.4. The van der Waals surface area contributed by atoms with E-state index in [1.807, 2.05) is 6.92 Å². The summed E-state index contributed by atoms with van der Waals surface area (Å²) in [5.74, 6) is -0.612. The van der Waals surface area contributed by atoms with Gasteiger partial charge in [0.25, 0.3) is 0 Å². The third-order valence-electron chi connectivity index (χ3n) is 1.56. The number of carbonyl (C=O) groups is 1. The lowest BCUT2D eigenvalue weighted by atomic mass is 10.3. The van der Waals surface area contributed by atoms with Crippen LogP contribution in [0.5, 0.6) is 0 Å². The minimum absolute atomic E-state index is 0.0231. The van der Waals surface area contributed by atoms with Gasteiger partial charge in [-0.15, -0.1) is 0 Å². The van der Waals surface area contributed by atoms with Crippen LogP contribution in [0.1, 0.15) is 13.3 Å². The second-order valence-electron chi connectivity index (χ2n) is 2.60. The number of hydrogen-bond acceptors (Lipinski definition) is 1. The molecule has 3 heteroatoms. The molecule has 1 unspecified atom stereocenters. The number of carboxylic acids is 1. The Morgan fingerprint density at radius 2 is 2.11 bits per heavy atom. The van der Waals surface area contributed by atoms with Crippen LogP contribution < -0.4 is 0 Å². The summed E-state index contributed by atoms with van der Waals surface area (Å²) in [5.41, 5.74) is -0.0231. The zero-order chi connectivity index (χ0) is 7.44. The van der Waals surface area contributed by atoms with Crippen LogP contribution in [0.15, 0.2) is 0 Å². The van der Waals surface area contributed by atoms with Crippen molar-refractivity contribution in [2.75, 3.05) is 0 Å². The van der Waals surface area contributed by atoms with E-state index in [1.165, 1.54) is 0 Å². The summed E-state index contributed by atoms with van der Waals surface area (Å²) in [6, 6.07) is 0. The topological polar surface area (TPSA) is 37.3 Å². The van der Waals surface area contributed by atoms with Crippen molar-refractivity contribution in [3.8, 4) is 0 Å². The number of hydrogen-bond donors (Lipinski definition) is 1. The molecule has 0 fully saturated rings. The van der Waals surface area contributed by atoms with E-state index in [0.29, 0.717) is 0 Å². The molecule has 1 atom stereocenters. The van der Waals surface area contributed by atoms with Crippen molar-refractivity contribution < 1.29 is 9.90 Å². The van der Waals surface area contributed by atoms with Crippen molar-refractivity contribution in [1.82, 2.24) is 0 Å². The molecule has 0 amide bonds. The molecular formula is C6H14O2Si. The van der Waals surface area contributed by atoms with Gasteiger partial charge in [-0.25, -0.2) is 0 Å². The van der Waals surface area contributed by atoms with Crippen LogP contribution in [0.25, 0.3) is 0 Å². The van der Waals surface area contributed by atoms with Crippen LogP contribution in [-0.4, -0.2) is 19.9 Å². The highest BCUT2D eigenvalue weighted by atomic mass is 28.3. The Bertz CT molecular complexity index is 101. The average Bonchev–Trinajstić information content (AvgIpc) is 1.64. The van der Waals surface area contributed by atoms with Gasteiger partial charge in [0.15, 0.2) is 0 Å². The zero-order valence-electron chi connectivity index (χ0n) is 6.22. The minimum Gasteiger partial charge on any atom is -0.481 e. The largest absolute Gasteiger partial charge is 0.481 e. The summed E-state index contributed by atoms with van der Waals surface area (Å²) in [6.45, 7) is 6.08. The summed E-state index contributed by atoms with van der Waals surface area (Å²) in [7, 11) is -0.943. The van der Waals surface area contributed by atoms with Crippen molar-refractivity contribution in [2.24, 2.45) is 0 Å². The van der Waals surface area contributed by atoms with Gasteiger partial charge in [0.2, 0.25) is 0 Å². The van der Waals surface area contributed by atoms with Gasteiger partial charge in [-0.2, -0.15) is 0 Å². The van der Waals surface area contributed by atoms with E-state index in [9.17, 15) is 4.79 Å². The zero-order valence-corrected chi connectivity index (χ0v) is 7.37. The van der Waals surface area contributed by atoms with Gasteiger partial charge in [0.05, 0.1) is 0 Å². The smallest absolute Gasteiger partial charge is 0.303 e. The first-order valence-electron chi connectivity index (χ1n) is 3.32. The fourth-order valence-corrected chi connectivity index (χ4v) is 2.44. The molecule has 0 radical (unpaired) electrons. The van der Waals surface area contributed by atoms with Gasteiger partial charge in [-0.3, -0.25) is 4.79 Å². The molecule has 0 saturated heterocycles. The lowest BCUT2D eigenvalue weighted by molar-refractivity contribution is -0.137. The summed E-state index contributed by atoms with van der Waals surface area (Å²) < 4.78 is 0. The average molecular weight is 146 g/mol. The monoisotopic (exact) mass is 146 g/mol. The molecule has 0 rings (SSSR count). The first-order valence-corrected chi connectivity index (χ1v) is 6.30. The Labute approximate surface area is 57.5 Å². The van der Waals surface area contributed by atoms with Crippen LogP contribution in [0.3, 0.4) is 0 Å². The Kier molecular flexibility index (Phi) is 3.54. The molecule has 0 heterocycles. The predicted molar refractivity (Wildman–Crippen MR) is 40.6 cm³/mol. The molecule has 0 spiro atoms. The SMILES string of the molecule is CCC(C(=O)O)[SiH](C)C. The third kappa shape index (κ3) is 2.65. The van der Waals surface area contributed by atoms with E-state index < -0.39 is 14.8 Å². The Balaban J connectivity index is 3.83. The predicted octanol–water partition coefficient (Wildman–Crippen LogP) is 1.34. The highest BCUT2D eigenvalue weighted by Gasteiger charge is 2.19. The van der Waals surface area contributed by atoms with E-state index in [1.54, 1.807) is 0 Å². The molecule has 0 aromatic heterocycles. The quantitative estimate of drug-likeness (QED) is 0.610. The lowest BCUT2D eigenvalue weighted by Gasteiger charge is -2.10. The van der Waals surface area contributed by atoms with E-state index in [2.05, 4.69) is 13.1 Å². The molecule has 0 bridgehead atoms.